The van der Waals surface area contributed by atoms with E-state index in [-0.39, 0.29) is 11.3 Å². The second-order valence-electron chi connectivity index (χ2n) is 8.30. The van der Waals surface area contributed by atoms with Crippen LogP contribution in [-0.4, -0.2) is 29.0 Å². The molecule has 31 heavy (non-hydrogen) atoms. The van der Waals surface area contributed by atoms with Crippen molar-refractivity contribution in [3.05, 3.63) is 65.4 Å². The van der Waals surface area contributed by atoms with Crippen molar-refractivity contribution >= 4 is 28.1 Å². The summed E-state index contributed by atoms with van der Waals surface area (Å²) in [7, 11) is 1.64. The first-order valence-electron chi connectivity index (χ1n) is 10.4. The quantitative estimate of drug-likeness (QED) is 0.531. The molecule has 0 aliphatic heterocycles. The van der Waals surface area contributed by atoms with Gasteiger partial charge in [-0.15, -0.1) is 11.3 Å². The minimum absolute atomic E-state index is 0.0588. The summed E-state index contributed by atoms with van der Waals surface area (Å²) in [6.07, 6.45) is 2.36. The van der Waals surface area contributed by atoms with Gasteiger partial charge in [0.05, 0.1) is 25.0 Å². The van der Waals surface area contributed by atoms with Crippen LogP contribution in [-0.2, 0) is 16.8 Å². The molecule has 0 fully saturated rings. The highest BCUT2D eigenvalue weighted by Gasteiger charge is 2.29. The van der Waals surface area contributed by atoms with Crippen molar-refractivity contribution < 1.29 is 9.53 Å². The third kappa shape index (κ3) is 5.61. The molecule has 0 bridgehead atoms. The number of ether oxygens (including phenoxy) is 1. The molecule has 0 spiro atoms. The Balaban J connectivity index is 1.92. The lowest BCUT2D eigenvalue weighted by Gasteiger charge is -2.30. The van der Waals surface area contributed by atoms with E-state index in [1.807, 2.05) is 54.3 Å². The number of rotatable bonds is 8. The summed E-state index contributed by atoms with van der Waals surface area (Å²) in [5.74, 6) is 0.711. The lowest BCUT2D eigenvalue weighted by atomic mass is 9.93. The minimum Gasteiger partial charge on any atom is -0.497 e. The third-order valence-corrected chi connectivity index (χ3v) is 5.83. The molecular weight excluding hydrogens is 408 g/mol. The fourth-order valence-corrected chi connectivity index (χ4v) is 4.29. The smallest absolute Gasteiger partial charge is 0.243 e. The van der Waals surface area contributed by atoms with E-state index in [1.54, 1.807) is 24.6 Å². The number of nitrogens with one attached hydrogen (secondary N) is 1. The van der Waals surface area contributed by atoms with E-state index in [0.717, 1.165) is 28.0 Å². The molecule has 0 aliphatic carbocycles. The maximum atomic E-state index is 13.2. The number of thiazole rings is 1. The molecule has 1 N–H and O–H groups in total. The molecule has 2 heterocycles. The van der Waals surface area contributed by atoms with E-state index >= 15 is 0 Å². The number of benzene rings is 1. The molecular formula is C24H30N4O2S. The van der Waals surface area contributed by atoms with Crippen LogP contribution in [0.3, 0.4) is 0 Å². The predicted octanol–water partition coefficient (Wildman–Crippen LogP) is 5.08. The lowest BCUT2D eigenvalue weighted by Crippen LogP contribution is -2.44. The molecule has 0 unspecified atom stereocenters. The van der Waals surface area contributed by atoms with Gasteiger partial charge < -0.3 is 15.0 Å². The van der Waals surface area contributed by atoms with Gasteiger partial charge in [0.15, 0.2) is 5.13 Å². The van der Waals surface area contributed by atoms with E-state index in [2.05, 4.69) is 36.5 Å². The van der Waals surface area contributed by atoms with E-state index in [4.69, 9.17) is 9.72 Å². The van der Waals surface area contributed by atoms with Crippen molar-refractivity contribution in [1.29, 1.82) is 0 Å². The Bertz CT molecular complexity index is 981. The van der Waals surface area contributed by atoms with Gasteiger partial charge in [0.2, 0.25) is 5.91 Å². The fourth-order valence-electron chi connectivity index (χ4n) is 3.17. The van der Waals surface area contributed by atoms with Crippen molar-refractivity contribution in [2.75, 3.05) is 12.0 Å². The highest BCUT2D eigenvalue weighted by atomic mass is 32.1. The standard InChI is InChI=1S/C24H30N4O2S/c1-6-20(22(29)26-15-17-9-7-8-14-25-17)28(18-10-12-19(30-5)13-11-18)23-27-21(16-31-23)24(2,3)4/h7-14,16,20H,6,15H2,1-5H3,(H,26,29)/t20-/m0/s1. The van der Waals surface area contributed by atoms with E-state index in [0.29, 0.717) is 13.0 Å². The number of hydrogen-bond donors (Lipinski definition) is 1. The molecule has 1 amide bonds. The van der Waals surface area contributed by atoms with Gasteiger partial charge in [-0.1, -0.05) is 33.8 Å². The molecule has 0 saturated carbocycles. The summed E-state index contributed by atoms with van der Waals surface area (Å²) < 4.78 is 5.31. The molecule has 3 rings (SSSR count). The first-order chi connectivity index (χ1) is 14.8. The monoisotopic (exact) mass is 438 g/mol. The normalized spacial score (nSPS) is 12.3. The van der Waals surface area contributed by atoms with Gasteiger partial charge in [-0.3, -0.25) is 9.78 Å². The van der Waals surface area contributed by atoms with Crippen LogP contribution < -0.4 is 15.0 Å². The number of pyridine rings is 1. The van der Waals surface area contributed by atoms with Crippen molar-refractivity contribution in [1.82, 2.24) is 15.3 Å². The number of carbonyl (C=O) groups excluding carboxylic acids is 1. The Kier molecular flexibility index (Phi) is 7.28. The van der Waals surface area contributed by atoms with Gasteiger partial charge in [0, 0.05) is 22.7 Å². The van der Waals surface area contributed by atoms with Gasteiger partial charge in [0.25, 0.3) is 0 Å². The summed E-state index contributed by atoms with van der Waals surface area (Å²) >= 11 is 1.56. The maximum absolute atomic E-state index is 13.2. The van der Waals surface area contributed by atoms with Crippen molar-refractivity contribution in [3.63, 3.8) is 0 Å². The van der Waals surface area contributed by atoms with Crippen LogP contribution >= 0.6 is 11.3 Å². The summed E-state index contributed by atoms with van der Waals surface area (Å²) in [4.78, 5) is 24.4. The van der Waals surface area contributed by atoms with Gasteiger partial charge in [-0.05, 0) is 42.8 Å². The molecule has 1 atom stereocenters. The molecule has 0 radical (unpaired) electrons. The molecule has 1 aromatic carbocycles. The first-order valence-corrected chi connectivity index (χ1v) is 11.3. The number of nitrogens with zero attached hydrogens (tertiary/aromatic N) is 3. The van der Waals surface area contributed by atoms with E-state index < -0.39 is 6.04 Å². The Morgan fingerprint density at radius 3 is 2.48 bits per heavy atom. The van der Waals surface area contributed by atoms with Gasteiger partial charge in [-0.2, -0.15) is 0 Å². The number of anilines is 2. The summed E-state index contributed by atoms with van der Waals surface area (Å²) in [6, 6.07) is 13.0. The number of aromatic nitrogens is 2. The van der Waals surface area contributed by atoms with Crippen LogP contribution in [0.1, 0.15) is 45.5 Å². The van der Waals surface area contributed by atoms with E-state index in [9.17, 15) is 4.79 Å². The van der Waals surface area contributed by atoms with Gasteiger partial charge in [0.1, 0.15) is 11.8 Å². The Hall–Kier alpha value is -2.93. The van der Waals surface area contributed by atoms with Crippen LogP contribution in [0, 0.1) is 0 Å². The number of methoxy groups -OCH3 is 1. The average Bonchev–Trinajstić information content (AvgIpc) is 3.27. The predicted molar refractivity (Wildman–Crippen MR) is 126 cm³/mol. The largest absolute Gasteiger partial charge is 0.497 e. The molecule has 2 aromatic heterocycles. The first kappa shape index (κ1) is 22.7. The Morgan fingerprint density at radius 1 is 1.19 bits per heavy atom. The van der Waals surface area contributed by atoms with Crippen molar-refractivity contribution in [2.24, 2.45) is 0 Å². The van der Waals surface area contributed by atoms with Crippen molar-refractivity contribution in [2.45, 2.75) is 52.1 Å². The van der Waals surface area contributed by atoms with Gasteiger partial charge in [-0.25, -0.2) is 4.98 Å². The zero-order valence-corrected chi connectivity index (χ0v) is 19.6. The highest BCUT2D eigenvalue weighted by Crippen LogP contribution is 2.35. The molecule has 164 valence electrons. The van der Waals surface area contributed by atoms with Crippen LogP contribution in [0.4, 0.5) is 10.8 Å². The second kappa shape index (κ2) is 9.92. The SMILES string of the molecule is CC[C@@H](C(=O)NCc1ccccn1)N(c1ccc(OC)cc1)c1nc(C(C)(C)C)cs1. The number of amides is 1. The average molecular weight is 439 g/mol. The summed E-state index contributed by atoms with van der Waals surface area (Å²) in [5.41, 5.74) is 2.67. The van der Waals surface area contributed by atoms with Crippen LogP contribution in [0.2, 0.25) is 0 Å². The Morgan fingerprint density at radius 2 is 1.94 bits per heavy atom. The molecule has 6 nitrogen and oxygen atoms in total. The molecule has 0 saturated heterocycles. The molecule has 0 aliphatic rings. The summed E-state index contributed by atoms with van der Waals surface area (Å²) in [6.45, 7) is 8.82. The minimum atomic E-state index is -0.406. The fraction of sp³-hybridized carbons (Fsp3) is 0.375. The lowest BCUT2D eigenvalue weighted by molar-refractivity contribution is -0.122. The zero-order valence-electron chi connectivity index (χ0n) is 18.8. The second-order valence-corrected chi connectivity index (χ2v) is 9.13. The third-order valence-electron chi connectivity index (χ3n) is 4.99. The highest BCUT2D eigenvalue weighted by molar-refractivity contribution is 7.13. The summed E-state index contributed by atoms with van der Waals surface area (Å²) in [5, 5.41) is 5.91. The number of hydrogen-bond acceptors (Lipinski definition) is 6. The van der Waals surface area contributed by atoms with Crippen LogP contribution in [0.15, 0.2) is 54.0 Å². The molecule has 3 aromatic rings. The maximum Gasteiger partial charge on any atom is 0.243 e. The zero-order chi connectivity index (χ0) is 22.4. The molecule has 7 heteroatoms. The Labute approximate surface area is 188 Å². The topological polar surface area (TPSA) is 67.4 Å². The van der Waals surface area contributed by atoms with Crippen molar-refractivity contribution in [3.8, 4) is 5.75 Å². The number of carbonyl (C=O) groups is 1. The van der Waals surface area contributed by atoms with E-state index in [1.165, 1.54) is 0 Å². The van der Waals surface area contributed by atoms with Crippen LogP contribution in [0.25, 0.3) is 0 Å². The van der Waals surface area contributed by atoms with Crippen LogP contribution in [0.5, 0.6) is 5.75 Å². The van der Waals surface area contributed by atoms with Gasteiger partial charge >= 0.3 is 0 Å².